The molecule has 2 aromatic heterocycles. The Bertz CT molecular complexity index is 726. The number of aryl methyl sites for hydroxylation is 1. The molecule has 0 bridgehead atoms. The third kappa shape index (κ3) is 3.59. The van der Waals surface area contributed by atoms with Crippen molar-refractivity contribution in [3.63, 3.8) is 0 Å². The van der Waals surface area contributed by atoms with Gasteiger partial charge >= 0.3 is 6.55 Å². The van der Waals surface area contributed by atoms with E-state index in [2.05, 4.69) is 9.97 Å². The van der Waals surface area contributed by atoms with Gasteiger partial charge in [-0.25, -0.2) is 18.4 Å². The highest BCUT2D eigenvalue weighted by Crippen LogP contribution is 2.18. The first-order valence-electron chi connectivity index (χ1n) is 6.13. The van der Waals surface area contributed by atoms with Gasteiger partial charge in [0.25, 0.3) is 9.05 Å². The van der Waals surface area contributed by atoms with Crippen molar-refractivity contribution in [2.75, 3.05) is 0 Å². The zero-order chi connectivity index (χ0) is 15.6. The summed E-state index contributed by atoms with van der Waals surface area (Å²) in [6.07, 6.45) is 4.88. The van der Waals surface area contributed by atoms with Crippen LogP contribution in [0, 0.1) is 0 Å². The molecule has 0 N–H and O–H groups in total. The molecule has 2 aromatic rings. The predicted molar refractivity (Wildman–Crippen MR) is 71.8 cm³/mol. The van der Waals surface area contributed by atoms with Gasteiger partial charge in [0.05, 0.1) is 6.54 Å². The summed E-state index contributed by atoms with van der Waals surface area (Å²) in [5.41, 5.74) is 0. The molecule has 10 heteroatoms. The quantitative estimate of drug-likeness (QED) is 0.758. The van der Waals surface area contributed by atoms with E-state index >= 15 is 0 Å². The van der Waals surface area contributed by atoms with Gasteiger partial charge in [-0.3, -0.25) is 4.57 Å². The molecule has 0 saturated carbocycles. The third-order valence-corrected chi connectivity index (χ3v) is 4.00. The smallest absolute Gasteiger partial charge is 0.319 e. The van der Waals surface area contributed by atoms with Crippen molar-refractivity contribution in [1.82, 2.24) is 19.1 Å². The lowest BCUT2D eigenvalue weighted by Gasteiger charge is -2.09. The first kappa shape index (κ1) is 15.9. The van der Waals surface area contributed by atoms with E-state index in [4.69, 9.17) is 10.7 Å². The molecule has 0 amide bonds. The van der Waals surface area contributed by atoms with Crippen LogP contribution >= 0.6 is 10.7 Å². The molecule has 6 nitrogen and oxygen atoms in total. The number of hydrogen-bond acceptors (Lipinski definition) is 4. The number of nitrogens with zero attached hydrogens (tertiary/aromatic N) is 4. The number of alkyl halides is 2. The second kappa shape index (κ2) is 6.10. The zero-order valence-corrected chi connectivity index (χ0v) is 12.7. The van der Waals surface area contributed by atoms with Gasteiger partial charge in [-0.05, 0) is 6.42 Å². The van der Waals surface area contributed by atoms with Gasteiger partial charge in [0, 0.05) is 35.7 Å². The highest BCUT2D eigenvalue weighted by Gasteiger charge is 2.19. The molecule has 2 rings (SSSR count). The van der Waals surface area contributed by atoms with Gasteiger partial charge in [0.1, 0.15) is 11.6 Å². The topological polar surface area (TPSA) is 69.8 Å². The molecule has 0 aliphatic rings. The van der Waals surface area contributed by atoms with Crippen molar-refractivity contribution in [2.45, 2.75) is 37.9 Å². The number of imidazole rings is 2. The Balaban J connectivity index is 2.38. The highest BCUT2D eigenvalue weighted by atomic mass is 35.7. The van der Waals surface area contributed by atoms with E-state index in [1.165, 1.54) is 17.0 Å². The lowest BCUT2D eigenvalue weighted by Crippen LogP contribution is -2.10. The Morgan fingerprint density at radius 3 is 2.67 bits per heavy atom. The molecule has 0 aliphatic carbocycles. The molecular formula is C11H13ClF2N4O2S. The van der Waals surface area contributed by atoms with E-state index < -0.39 is 15.6 Å². The normalized spacial score (nSPS) is 12.2. The Morgan fingerprint density at radius 2 is 2.10 bits per heavy atom. The van der Waals surface area contributed by atoms with Crippen LogP contribution in [-0.4, -0.2) is 27.5 Å². The van der Waals surface area contributed by atoms with E-state index in [9.17, 15) is 17.2 Å². The Kier molecular flexibility index (Phi) is 4.62. The van der Waals surface area contributed by atoms with Gasteiger partial charge in [-0.2, -0.15) is 8.78 Å². The van der Waals surface area contributed by atoms with Crippen LogP contribution in [0.3, 0.4) is 0 Å². The van der Waals surface area contributed by atoms with Crippen LogP contribution in [0.4, 0.5) is 8.78 Å². The number of aromatic nitrogens is 4. The van der Waals surface area contributed by atoms with Crippen LogP contribution in [0.25, 0.3) is 0 Å². The summed E-state index contributed by atoms with van der Waals surface area (Å²) in [7, 11) is 1.30. The molecule has 2 heterocycles. The van der Waals surface area contributed by atoms with Gasteiger partial charge in [0.2, 0.25) is 0 Å². The first-order chi connectivity index (χ1) is 9.82. The Labute approximate surface area is 124 Å². The fraction of sp³-hybridized carbons (Fsp3) is 0.455. The van der Waals surface area contributed by atoms with E-state index in [1.54, 1.807) is 0 Å². The average Bonchev–Trinajstić information content (AvgIpc) is 2.97. The lowest BCUT2D eigenvalue weighted by molar-refractivity contribution is 0.0666. The maximum Gasteiger partial charge on any atom is 0.319 e. The van der Waals surface area contributed by atoms with Crippen molar-refractivity contribution in [3.8, 4) is 0 Å². The largest absolute Gasteiger partial charge is 0.326 e. The van der Waals surface area contributed by atoms with E-state index in [0.717, 1.165) is 12.6 Å². The minimum absolute atomic E-state index is 0.00785. The van der Waals surface area contributed by atoms with Crippen molar-refractivity contribution in [2.24, 2.45) is 0 Å². The third-order valence-electron chi connectivity index (χ3n) is 2.83. The predicted octanol–water partition coefficient (Wildman–Crippen LogP) is 2.40. The fourth-order valence-electron chi connectivity index (χ4n) is 1.90. The van der Waals surface area contributed by atoms with E-state index in [-0.39, 0.29) is 17.4 Å². The maximum absolute atomic E-state index is 12.8. The van der Waals surface area contributed by atoms with Gasteiger partial charge < -0.3 is 4.57 Å². The second-order valence-corrected chi connectivity index (χ2v) is 6.85. The van der Waals surface area contributed by atoms with Crippen molar-refractivity contribution < 1.29 is 17.2 Å². The minimum Gasteiger partial charge on any atom is -0.326 e. The number of rotatable bonds is 6. The van der Waals surface area contributed by atoms with Gasteiger partial charge in [-0.1, -0.05) is 6.92 Å². The molecule has 0 aromatic carbocycles. The minimum atomic E-state index is -3.96. The van der Waals surface area contributed by atoms with Crippen LogP contribution in [0.1, 0.15) is 31.5 Å². The monoisotopic (exact) mass is 338 g/mol. The molecule has 0 saturated heterocycles. The molecule has 116 valence electrons. The molecule has 0 atom stereocenters. The van der Waals surface area contributed by atoms with Crippen LogP contribution in [-0.2, 0) is 22.0 Å². The number of halogens is 3. The first-order valence-corrected chi connectivity index (χ1v) is 8.44. The van der Waals surface area contributed by atoms with Crippen LogP contribution in [0.15, 0.2) is 23.6 Å². The van der Waals surface area contributed by atoms with Crippen LogP contribution in [0.2, 0.25) is 0 Å². The van der Waals surface area contributed by atoms with Gasteiger partial charge in [-0.15, -0.1) is 0 Å². The Hall–Kier alpha value is -1.48. The van der Waals surface area contributed by atoms with Crippen LogP contribution in [0.5, 0.6) is 0 Å². The summed E-state index contributed by atoms with van der Waals surface area (Å²) < 4.78 is 50.4. The highest BCUT2D eigenvalue weighted by molar-refractivity contribution is 8.13. The fourth-order valence-corrected chi connectivity index (χ4v) is 2.59. The van der Waals surface area contributed by atoms with E-state index in [1.807, 2.05) is 6.92 Å². The summed E-state index contributed by atoms with van der Waals surface area (Å²) in [5.74, 6) is 0.568. The molecule has 0 unspecified atom stereocenters. The summed E-state index contributed by atoms with van der Waals surface area (Å²) in [4.78, 5) is 7.80. The molecule has 21 heavy (non-hydrogen) atoms. The lowest BCUT2D eigenvalue weighted by atomic mass is 10.3. The van der Waals surface area contributed by atoms with Crippen molar-refractivity contribution >= 4 is 19.7 Å². The summed E-state index contributed by atoms with van der Waals surface area (Å²) in [5, 5.41) is -0.289. The number of hydrogen-bond donors (Lipinski definition) is 0. The SMILES string of the molecule is CCCc1nc(S(=O)(=O)Cl)cn1Cc1nccn1C(F)F. The molecule has 0 aliphatic heterocycles. The maximum atomic E-state index is 12.8. The standard InChI is InChI=1S/C11H13ClF2N4O2S/c1-2-3-8-16-10(21(12,19)20)7-17(8)6-9-15-4-5-18(9)11(13)14/h4-5,7,11H,2-3,6H2,1H3. The summed E-state index contributed by atoms with van der Waals surface area (Å²) in [6, 6.07) is 0. The van der Waals surface area contributed by atoms with Gasteiger partial charge in [0.15, 0.2) is 5.03 Å². The summed E-state index contributed by atoms with van der Waals surface area (Å²) in [6.45, 7) is -0.822. The van der Waals surface area contributed by atoms with Crippen molar-refractivity contribution in [1.29, 1.82) is 0 Å². The molecule has 0 spiro atoms. The molecular weight excluding hydrogens is 326 g/mol. The molecule has 0 fully saturated rings. The van der Waals surface area contributed by atoms with Crippen LogP contribution < -0.4 is 0 Å². The summed E-state index contributed by atoms with van der Waals surface area (Å²) >= 11 is 0. The zero-order valence-electron chi connectivity index (χ0n) is 11.1. The molecule has 0 radical (unpaired) electrons. The second-order valence-electron chi connectivity index (χ2n) is 4.34. The Morgan fingerprint density at radius 1 is 1.38 bits per heavy atom. The van der Waals surface area contributed by atoms with E-state index in [0.29, 0.717) is 16.8 Å². The average molecular weight is 339 g/mol. The van der Waals surface area contributed by atoms with Crippen molar-refractivity contribution in [3.05, 3.63) is 30.2 Å².